The number of hydrogen-bond donors (Lipinski definition) is 1. The van der Waals surface area contributed by atoms with Crippen LogP contribution in [0.5, 0.6) is 0 Å². The van der Waals surface area contributed by atoms with Gasteiger partial charge < -0.3 is 0 Å². The molecule has 2 aromatic carbocycles. The monoisotopic (exact) mass is 472 g/mol. The van der Waals surface area contributed by atoms with Crippen LogP contribution in [0.25, 0.3) is 0 Å². The van der Waals surface area contributed by atoms with Crippen LogP contribution in [-0.2, 0) is 16.3 Å². The fourth-order valence-electron chi connectivity index (χ4n) is 1.68. The van der Waals surface area contributed by atoms with E-state index in [9.17, 15) is 21.6 Å². The molecule has 0 unspecified atom stereocenters. The lowest BCUT2D eigenvalue weighted by molar-refractivity contribution is -0.137. The van der Waals surface area contributed by atoms with Gasteiger partial charge in [0.25, 0.3) is 10.1 Å². The molecule has 0 amide bonds. The molecule has 1 N–H and O–H groups in total. The zero-order chi connectivity index (χ0) is 18.5. The van der Waals surface area contributed by atoms with Crippen molar-refractivity contribution < 1.29 is 26.1 Å². The van der Waals surface area contributed by atoms with E-state index in [2.05, 4.69) is 60.7 Å². The highest BCUT2D eigenvalue weighted by molar-refractivity contribution is 14.1. The summed E-state index contributed by atoms with van der Waals surface area (Å²) >= 11 is 2.32. The Labute approximate surface area is 152 Å². The molecule has 2 rings (SSSR count). The van der Waals surface area contributed by atoms with Crippen molar-refractivity contribution >= 4 is 32.7 Å². The van der Waals surface area contributed by atoms with E-state index < -0.39 is 26.8 Å². The Bertz CT molecular complexity index is 770. The van der Waals surface area contributed by atoms with Crippen molar-refractivity contribution in [1.29, 1.82) is 0 Å². The van der Waals surface area contributed by atoms with Crippen molar-refractivity contribution in [1.82, 2.24) is 0 Å². The van der Waals surface area contributed by atoms with E-state index in [-0.39, 0.29) is 0 Å². The predicted octanol–water partition coefficient (Wildman–Crippen LogP) is 5.37. The Morgan fingerprint density at radius 1 is 1.04 bits per heavy atom. The van der Waals surface area contributed by atoms with Crippen molar-refractivity contribution in [3.63, 3.8) is 0 Å². The second-order valence-corrected chi connectivity index (χ2v) is 7.87. The maximum Gasteiger partial charge on any atom is 0.416 e. The zero-order valence-electron chi connectivity index (χ0n) is 12.9. The SMILES string of the molecule is CC(C)c1ccc(I)cc1.O=S(=O)(O)c1cccc(C(F)(F)F)c1. The molecule has 0 aliphatic heterocycles. The van der Waals surface area contributed by atoms with Crippen LogP contribution >= 0.6 is 22.6 Å². The summed E-state index contributed by atoms with van der Waals surface area (Å²) < 4.78 is 67.0. The van der Waals surface area contributed by atoms with Crippen LogP contribution in [-0.4, -0.2) is 13.0 Å². The van der Waals surface area contributed by atoms with Gasteiger partial charge in [-0.2, -0.15) is 21.6 Å². The average Bonchev–Trinajstić information content (AvgIpc) is 2.47. The summed E-state index contributed by atoms with van der Waals surface area (Å²) in [7, 11) is -4.59. The Morgan fingerprint density at radius 3 is 2.00 bits per heavy atom. The highest BCUT2D eigenvalue weighted by Crippen LogP contribution is 2.30. The second-order valence-electron chi connectivity index (χ2n) is 5.21. The Balaban J connectivity index is 0.000000254. The summed E-state index contributed by atoms with van der Waals surface area (Å²) in [5.41, 5.74) is 0.299. The first-order valence-electron chi connectivity index (χ1n) is 6.81. The third-order valence-corrected chi connectivity index (χ3v) is 4.56. The number of hydrogen-bond acceptors (Lipinski definition) is 2. The molecule has 0 saturated carbocycles. The van der Waals surface area contributed by atoms with Crippen molar-refractivity contribution in [3.05, 3.63) is 63.2 Å². The Morgan fingerprint density at radius 2 is 1.58 bits per heavy atom. The smallest absolute Gasteiger partial charge is 0.282 e. The van der Waals surface area contributed by atoms with Gasteiger partial charge in [-0.3, -0.25) is 4.55 Å². The Kier molecular flexibility index (Phi) is 7.24. The summed E-state index contributed by atoms with van der Waals surface area (Å²) in [4.78, 5) is -0.771. The van der Waals surface area contributed by atoms with Crippen LogP contribution < -0.4 is 0 Å². The molecule has 0 saturated heterocycles. The molecule has 132 valence electrons. The lowest BCUT2D eigenvalue weighted by atomic mass is 10.0. The first-order valence-corrected chi connectivity index (χ1v) is 9.33. The number of benzene rings is 2. The van der Waals surface area contributed by atoms with Crippen LogP contribution in [0.1, 0.15) is 30.9 Å². The van der Waals surface area contributed by atoms with E-state index in [1.165, 1.54) is 9.13 Å². The van der Waals surface area contributed by atoms with Gasteiger partial charge in [-0.15, -0.1) is 0 Å². The summed E-state index contributed by atoms with van der Waals surface area (Å²) in [6, 6.07) is 11.5. The minimum absolute atomic E-state index is 0.370. The van der Waals surface area contributed by atoms with Gasteiger partial charge in [0.15, 0.2) is 0 Å². The van der Waals surface area contributed by atoms with Crippen LogP contribution in [0.15, 0.2) is 53.4 Å². The first-order chi connectivity index (χ1) is 10.9. The number of alkyl halides is 3. The van der Waals surface area contributed by atoms with Gasteiger partial charge in [0.05, 0.1) is 10.5 Å². The molecule has 24 heavy (non-hydrogen) atoms. The molecule has 2 aromatic rings. The van der Waals surface area contributed by atoms with Crippen LogP contribution in [0, 0.1) is 3.57 Å². The molecule has 0 fully saturated rings. The fourth-order valence-corrected chi connectivity index (χ4v) is 2.57. The molecule has 0 atom stereocenters. The molecule has 0 radical (unpaired) electrons. The lowest BCUT2D eigenvalue weighted by Crippen LogP contribution is -2.07. The summed E-state index contributed by atoms with van der Waals surface area (Å²) in [5, 5.41) is 0. The van der Waals surface area contributed by atoms with Crippen molar-refractivity contribution in [3.8, 4) is 0 Å². The predicted molar refractivity (Wildman–Crippen MR) is 94.5 cm³/mol. The van der Waals surface area contributed by atoms with E-state index >= 15 is 0 Å². The molecule has 0 heterocycles. The standard InChI is InChI=1S/C9H11I.C7H5F3O3S/c1-7(2)8-3-5-9(10)6-4-8;8-7(9,10)5-2-1-3-6(4-5)14(11,12)13/h3-7H,1-2H3;1-4H,(H,11,12,13). The maximum absolute atomic E-state index is 12.1. The Hall–Kier alpha value is -1.13. The largest absolute Gasteiger partial charge is 0.416 e. The molecular weight excluding hydrogens is 456 g/mol. The molecule has 0 spiro atoms. The van der Waals surface area contributed by atoms with Gasteiger partial charge in [-0.05, 0) is 64.4 Å². The average molecular weight is 472 g/mol. The highest BCUT2D eigenvalue weighted by atomic mass is 127. The quantitative estimate of drug-likeness (QED) is 0.473. The molecule has 8 heteroatoms. The second kappa shape index (κ2) is 8.30. The summed E-state index contributed by atoms with van der Waals surface area (Å²) in [6.07, 6.45) is -4.62. The molecule has 0 aliphatic rings. The van der Waals surface area contributed by atoms with Crippen molar-refractivity contribution in [2.24, 2.45) is 0 Å². The van der Waals surface area contributed by atoms with Gasteiger partial charge in [0.2, 0.25) is 0 Å². The van der Waals surface area contributed by atoms with Crippen molar-refractivity contribution in [2.75, 3.05) is 0 Å². The number of rotatable bonds is 2. The molecule has 3 nitrogen and oxygen atoms in total. The minimum Gasteiger partial charge on any atom is -0.282 e. The summed E-state index contributed by atoms with van der Waals surface area (Å²) in [5.74, 6) is 0.650. The zero-order valence-corrected chi connectivity index (χ0v) is 15.9. The summed E-state index contributed by atoms with van der Waals surface area (Å²) in [6.45, 7) is 4.42. The lowest BCUT2D eigenvalue weighted by Gasteiger charge is -2.06. The van der Waals surface area contributed by atoms with E-state index in [0.717, 1.165) is 12.1 Å². The van der Waals surface area contributed by atoms with Gasteiger partial charge in [-0.1, -0.05) is 32.0 Å². The normalized spacial score (nSPS) is 11.8. The molecular formula is C16H16F3IO3S. The number of halogens is 4. The third-order valence-electron chi connectivity index (χ3n) is 3.00. The van der Waals surface area contributed by atoms with Gasteiger partial charge in [0.1, 0.15) is 0 Å². The fraction of sp³-hybridized carbons (Fsp3) is 0.250. The van der Waals surface area contributed by atoms with Gasteiger partial charge >= 0.3 is 6.18 Å². The molecule has 0 aromatic heterocycles. The van der Waals surface area contributed by atoms with Gasteiger partial charge in [-0.25, -0.2) is 0 Å². The van der Waals surface area contributed by atoms with E-state index in [1.54, 1.807) is 0 Å². The van der Waals surface area contributed by atoms with E-state index in [0.29, 0.717) is 18.1 Å². The first kappa shape index (κ1) is 20.9. The van der Waals surface area contributed by atoms with Gasteiger partial charge in [0, 0.05) is 3.57 Å². The highest BCUT2D eigenvalue weighted by Gasteiger charge is 2.31. The van der Waals surface area contributed by atoms with Crippen LogP contribution in [0.2, 0.25) is 0 Å². The maximum atomic E-state index is 12.1. The van der Waals surface area contributed by atoms with E-state index in [1.807, 2.05) is 0 Å². The van der Waals surface area contributed by atoms with Crippen molar-refractivity contribution in [2.45, 2.75) is 30.8 Å². The topological polar surface area (TPSA) is 54.4 Å². The van der Waals surface area contributed by atoms with Crippen LogP contribution in [0.3, 0.4) is 0 Å². The van der Waals surface area contributed by atoms with Crippen LogP contribution in [0.4, 0.5) is 13.2 Å². The molecule has 0 aliphatic carbocycles. The molecule has 0 bridgehead atoms. The minimum atomic E-state index is -4.62. The van der Waals surface area contributed by atoms with E-state index in [4.69, 9.17) is 4.55 Å². The third kappa shape index (κ3) is 6.78.